The fourth-order valence-corrected chi connectivity index (χ4v) is 6.65. The van der Waals surface area contributed by atoms with Crippen molar-refractivity contribution in [1.29, 1.82) is 0 Å². The van der Waals surface area contributed by atoms with Crippen molar-refractivity contribution >= 4 is 17.7 Å². The molecule has 0 amide bonds. The van der Waals surface area contributed by atoms with Crippen LogP contribution in [0.3, 0.4) is 0 Å². The zero-order valence-electron chi connectivity index (χ0n) is 26.6. The average molecular weight is 614 g/mol. The Bertz CT molecular complexity index is 1020. The number of cyclic esters (lactones) is 1. The Labute approximate surface area is 254 Å². The highest BCUT2D eigenvalue weighted by atomic mass is 16.7. The van der Waals surface area contributed by atoms with Gasteiger partial charge >= 0.3 is 11.9 Å². The first kappa shape index (κ1) is 35.5. The van der Waals surface area contributed by atoms with E-state index in [0.29, 0.717) is 6.42 Å². The summed E-state index contributed by atoms with van der Waals surface area (Å²) in [7, 11) is 3.40. The second-order valence-corrected chi connectivity index (χ2v) is 13.1. The fraction of sp³-hybridized carbons (Fsp3) is 0.839. The Kier molecular flexibility index (Phi) is 11.9. The monoisotopic (exact) mass is 613 g/mol. The summed E-state index contributed by atoms with van der Waals surface area (Å²) >= 11 is 0. The number of ketones is 1. The van der Waals surface area contributed by atoms with Crippen LogP contribution in [-0.4, -0.2) is 118 Å². The Morgan fingerprint density at radius 1 is 1.09 bits per heavy atom. The van der Waals surface area contributed by atoms with Gasteiger partial charge in [-0.2, -0.15) is 0 Å². The van der Waals surface area contributed by atoms with Gasteiger partial charge in [0.2, 0.25) is 0 Å². The summed E-state index contributed by atoms with van der Waals surface area (Å²) in [5.41, 5.74) is -0.704. The van der Waals surface area contributed by atoms with Crippen LogP contribution < -0.4 is 0 Å². The molecule has 3 heterocycles. The van der Waals surface area contributed by atoms with Crippen LogP contribution in [0.25, 0.3) is 0 Å². The number of aliphatic carboxylic acids is 1. The molecule has 3 rings (SSSR count). The van der Waals surface area contributed by atoms with E-state index in [4.69, 9.17) is 18.9 Å². The number of hydrogen-bond donors (Lipinski definition) is 4. The Hall–Kier alpha value is -1.93. The molecule has 0 radical (unpaired) electrons. The van der Waals surface area contributed by atoms with Gasteiger partial charge in [-0.25, -0.2) is 0 Å². The number of ether oxygens (including phenoxy) is 4. The Morgan fingerprint density at radius 3 is 2.33 bits per heavy atom. The molecule has 3 aliphatic heterocycles. The van der Waals surface area contributed by atoms with Crippen molar-refractivity contribution < 1.29 is 53.8 Å². The van der Waals surface area contributed by atoms with Gasteiger partial charge in [0.1, 0.15) is 17.8 Å². The van der Waals surface area contributed by atoms with E-state index in [1.165, 1.54) is 6.08 Å². The molecule has 0 spiro atoms. The van der Waals surface area contributed by atoms with Crippen LogP contribution in [0, 0.1) is 23.7 Å². The second kappa shape index (κ2) is 14.4. The molecule has 43 heavy (non-hydrogen) atoms. The molecule has 3 aliphatic rings. The van der Waals surface area contributed by atoms with Crippen molar-refractivity contribution in [2.24, 2.45) is 23.7 Å². The van der Waals surface area contributed by atoms with E-state index in [0.717, 1.165) is 0 Å². The summed E-state index contributed by atoms with van der Waals surface area (Å²) in [6, 6.07) is -0.749. The maximum absolute atomic E-state index is 13.2. The number of aliphatic hydroxyl groups excluding tert-OH is 3. The quantitative estimate of drug-likeness (QED) is 0.251. The number of allylic oxidation sites excluding steroid dienone is 1. The van der Waals surface area contributed by atoms with E-state index in [1.54, 1.807) is 45.8 Å². The molecule has 0 aromatic rings. The molecule has 2 fully saturated rings. The van der Waals surface area contributed by atoms with E-state index in [2.05, 4.69) is 0 Å². The number of carbonyl (C=O) groups excluding carboxylic acids is 2. The van der Waals surface area contributed by atoms with Crippen LogP contribution in [-0.2, 0) is 33.3 Å². The molecule has 14 unspecified atom stereocenters. The van der Waals surface area contributed by atoms with E-state index in [9.17, 15) is 34.8 Å². The van der Waals surface area contributed by atoms with Crippen molar-refractivity contribution in [3.8, 4) is 0 Å². The molecule has 0 saturated carbocycles. The normalized spacial score (nSPS) is 45.0. The number of epoxide rings is 1. The highest BCUT2D eigenvalue weighted by Crippen LogP contribution is 2.45. The number of fused-ring (bicyclic) bond motifs is 1. The van der Waals surface area contributed by atoms with E-state index in [-0.39, 0.29) is 30.6 Å². The third-order valence-corrected chi connectivity index (χ3v) is 9.46. The minimum atomic E-state index is -1.32. The van der Waals surface area contributed by atoms with Crippen molar-refractivity contribution in [2.45, 2.75) is 128 Å². The number of carbonyl (C=O) groups is 3. The van der Waals surface area contributed by atoms with Gasteiger partial charge in [-0.15, -0.1) is 0 Å². The first-order valence-electron chi connectivity index (χ1n) is 15.3. The van der Waals surface area contributed by atoms with Crippen LogP contribution in [0.1, 0.15) is 67.2 Å². The zero-order valence-corrected chi connectivity index (χ0v) is 26.6. The van der Waals surface area contributed by atoms with Crippen LogP contribution in [0.2, 0.25) is 0 Å². The number of nitrogens with zero attached hydrogens (tertiary/aromatic N) is 1. The molecule has 4 N–H and O–H groups in total. The van der Waals surface area contributed by atoms with Gasteiger partial charge in [0, 0.05) is 17.8 Å². The molecule has 12 nitrogen and oxygen atoms in total. The highest BCUT2D eigenvalue weighted by molar-refractivity contribution is 5.91. The molecular formula is C31H51NO11. The van der Waals surface area contributed by atoms with E-state index in [1.807, 2.05) is 20.8 Å². The van der Waals surface area contributed by atoms with Crippen LogP contribution in [0.15, 0.2) is 12.2 Å². The summed E-state index contributed by atoms with van der Waals surface area (Å²) in [5.74, 6) is -4.37. The molecule has 0 bridgehead atoms. The summed E-state index contributed by atoms with van der Waals surface area (Å²) in [6.45, 7) is 10.6. The SMILES string of the molecule is CCC1OC(=O)CC(O)C(C)C(OC2OC(C)C(O)C(N(C)C)C2O)C(CC(=O)O)CC(C)C(=O)C=CC2(C)OC2C1C. The lowest BCUT2D eigenvalue weighted by Crippen LogP contribution is -2.63. The van der Waals surface area contributed by atoms with Crippen molar-refractivity contribution in [2.75, 3.05) is 14.1 Å². The number of hydrogen-bond acceptors (Lipinski definition) is 11. The van der Waals surface area contributed by atoms with Gasteiger partial charge in [-0.05, 0) is 58.9 Å². The number of carboxylic acid groups (broad SMARTS) is 1. The third-order valence-electron chi connectivity index (χ3n) is 9.46. The first-order chi connectivity index (χ1) is 20.0. The molecule has 0 aromatic heterocycles. The summed E-state index contributed by atoms with van der Waals surface area (Å²) in [4.78, 5) is 40.0. The topological polar surface area (TPSA) is 176 Å². The number of likely N-dealkylation sites (N-methyl/N-ethyl adjacent to an activating group) is 1. The zero-order chi connectivity index (χ0) is 32.4. The minimum absolute atomic E-state index is 0.0923. The smallest absolute Gasteiger partial charge is 0.308 e. The van der Waals surface area contributed by atoms with Gasteiger partial charge in [-0.3, -0.25) is 14.4 Å². The van der Waals surface area contributed by atoms with Gasteiger partial charge in [0.15, 0.2) is 12.1 Å². The van der Waals surface area contributed by atoms with Crippen molar-refractivity contribution in [3.63, 3.8) is 0 Å². The highest BCUT2D eigenvalue weighted by Gasteiger charge is 2.55. The molecule has 2 saturated heterocycles. The van der Waals surface area contributed by atoms with E-state index >= 15 is 0 Å². The summed E-state index contributed by atoms with van der Waals surface area (Å²) < 4.78 is 23.9. The van der Waals surface area contributed by atoms with Gasteiger partial charge in [0.25, 0.3) is 0 Å². The number of aliphatic hydroxyl groups is 3. The fourth-order valence-electron chi connectivity index (χ4n) is 6.65. The Morgan fingerprint density at radius 2 is 1.74 bits per heavy atom. The molecule has 14 atom stereocenters. The first-order valence-corrected chi connectivity index (χ1v) is 15.3. The maximum Gasteiger partial charge on any atom is 0.308 e. The van der Waals surface area contributed by atoms with Crippen LogP contribution in [0.5, 0.6) is 0 Å². The maximum atomic E-state index is 13.2. The molecular weight excluding hydrogens is 562 g/mol. The number of carboxylic acids is 1. The largest absolute Gasteiger partial charge is 0.481 e. The lowest BCUT2D eigenvalue weighted by atomic mass is 9.79. The van der Waals surface area contributed by atoms with Crippen LogP contribution in [0.4, 0.5) is 0 Å². The molecule has 0 aliphatic carbocycles. The summed E-state index contributed by atoms with van der Waals surface area (Å²) in [6.07, 6.45) is -4.42. The predicted molar refractivity (Wildman–Crippen MR) is 155 cm³/mol. The van der Waals surface area contributed by atoms with Gasteiger partial charge in [0.05, 0.1) is 49.4 Å². The van der Waals surface area contributed by atoms with Crippen molar-refractivity contribution in [1.82, 2.24) is 4.90 Å². The summed E-state index contributed by atoms with van der Waals surface area (Å²) in [5, 5.41) is 42.9. The minimum Gasteiger partial charge on any atom is -0.481 e. The molecule has 12 heteroatoms. The number of rotatable bonds is 6. The average Bonchev–Trinajstić information content (AvgIpc) is 3.60. The van der Waals surface area contributed by atoms with Gasteiger partial charge < -0.3 is 44.3 Å². The molecule has 0 aromatic carbocycles. The lowest BCUT2D eigenvalue weighted by Gasteiger charge is -2.46. The third kappa shape index (κ3) is 8.42. The molecule has 246 valence electrons. The van der Waals surface area contributed by atoms with Crippen molar-refractivity contribution in [3.05, 3.63) is 12.2 Å². The van der Waals surface area contributed by atoms with Crippen LogP contribution >= 0.6 is 0 Å². The van der Waals surface area contributed by atoms with E-state index < -0.39 is 90.7 Å². The second-order valence-electron chi connectivity index (χ2n) is 13.1. The predicted octanol–water partition coefficient (Wildman–Crippen LogP) is 1.53. The standard InChI is InChI=1S/C31H51NO11/c1-9-22-17(4)29-31(6,43-29)11-10-20(33)15(2)12-19(13-23(35)36)28(16(3)21(34)14-24(37)41-22)42-30-27(39)25(32(7)8)26(38)18(5)40-30/h10-11,15-19,21-22,25-30,34,38-39H,9,12-14H2,1-8H3,(H,35,36). The lowest BCUT2D eigenvalue weighted by molar-refractivity contribution is -0.304. The number of esters is 1. The van der Waals surface area contributed by atoms with Gasteiger partial charge in [-0.1, -0.05) is 27.7 Å². The Balaban J connectivity index is 2.00.